The zero-order chi connectivity index (χ0) is 20.9. The molecule has 0 radical (unpaired) electrons. The average molecular weight is 414 g/mol. The van der Waals surface area contributed by atoms with E-state index in [4.69, 9.17) is 4.74 Å². The molecule has 0 aromatic heterocycles. The van der Waals surface area contributed by atoms with Crippen molar-refractivity contribution in [2.75, 3.05) is 52.5 Å². The van der Waals surface area contributed by atoms with Gasteiger partial charge in [0.25, 0.3) is 5.91 Å². The Kier molecular flexibility index (Phi) is 7.05. The van der Waals surface area contributed by atoms with Gasteiger partial charge in [0.1, 0.15) is 0 Å². The van der Waals surface area contributed by atoms with E-state index in [1.165, 1.54) is 5.56 Å². The highest BCUT2D eigenvalue weighted by atomic mass is 16.5. The number of ether oxygens (including phenoxy) is 1. The van der Waals surface area contributed by atoms with Gasteiger partial charge in [0.05, 0.1) is 13.2 Å². The summed E-state index contributed by atoms with van der Waals surface area (Å²) in [6.07, 6.45) is 4.97. The van der Waals surface area contributed by atoms with Crippen LogP contribution < -0.4 is 0 Å². The van der Waals surface area contributed by atoms with E-state index in [-0.39, 0.29) is 11.8 Å². The number of nitrogens with zero attached hydrogens (tertiary/aromatic N) is 3. The number of hydrogen-bond acceptors (Lipinski definition) is 4. The number of morpholine rings is 1. The summed E-state index contributed by atoms with van der Waals surface area (Å²) in [5, 5.41) is 0. The van der Waals surface area contributed by atoms with Crippen molar-refractivity contribution in [3.63, 3.8) is 0 Å². The minimum absolute atomic E-state index is 0.158. The number of carbonyl (C=O) groups excluding carboxylic acids is 2. The lowest BCUT2D eigenvalue weighted by Gasteiger charge is -2.42. The standard InChI is InChI=1S/C24H35N3O3/c1-2-19-3-5-20(6-4-19)23(28)26-13-9-22(10-14-26)25-11-7-21(8-12-25)24(29)27-15-17-30-18-16-27/h3-6,21-22H,2,7-18H2,1H3. The van der Waals surface area contributed by atoms with E-state index in [1.54, 1.807) is 0 Å². The molecule has 1 aromatic carbocycles. The van der Waals surface area contributed by atoms with Gasteiger partial charge in [0.15, 0.2) is 0 Å². The van der Waals surface area contributed by atoms with Gasteiger partial charge in [-0.3, -0.25) is 9.59 Å². The van der Waals surface area contributed by atoms with Crippen LogP contribution in [-0.2, 0) is 16.0 Å². The molecule has 164 valence electrons. The van der Waals surface area contributed by atoms with Crippen molar-refractivity contribution in [2.24, 2.45) is 5.92 Å². The minimum Gasteiger partial charge on any atom is -0.378 e. The molecule has 3 aliphatic rings. The third-order valence-electron chi connectivity index (χ3n) is 7.08. The monoisotopic (exact) mass is 413 g/mol. The number of piperidine rings is 2. The molecule has 0 N–H and O–H groups in total. The maximum Gasteiger partial charge on any atom is 0.253 e. The van der Waals surface area contributed by atoms with E-state index >= 15 is 0 Å². The maximum atomic E-state index is 12.8. The van der Waals surface area contributed by atoms with Crippen molar-refractivity contribution in [3.05, 3.63) is 35.4 Å². The molecule has 6 nitrogen and oxygen atoms in total. The number of hydrogen-bond donors (Lipinski definition) is 0. The average Bonchev–Trinajstić information content (AvgIpc) is 2.84. The van der Waals surface area contributed by atoms with Crippen molar-refractivity contribution < 1.29 is 14.3 Å². The first kappa shape index (κ1) is 21.3. The van der Waals surface area contributed by atoms with Crippen LogP contribution >= 0.6 is 0 Å². The Bertz CT molecular complexity index is 714. The van der Waals surface area contributed by atoms with E-state index < -0.39 is 0 Å². The van der Waals surface area contributed by atoms with Crippen LogP contribution in [0, 0.1) is 5.92 Å². The van der Waals surface area contributed by atoms with E-state index in [2.05, 4.69) is 24.0 Å². The molecule has 30 heavy (non-hydrogen) atoms. The van der Waals surface area contributed by atoms with Crippen LogP contribution in [0.25, 0.3) is 0 Å². The molecule has 0 atom stereocenters. The van der Waals surface area contributed by atoms with Crippen LogP contribution in [-0.4, -0.2) is 85.0 Å². The first-order valence-electron chi connectivity index (χ1n) is 11.6. The summed E-state index contributed by atoms with van der Waals surface area (Å²) in [5.74, 6) is 0.658. The molecule has 3 saturated heterocycles. The Morgan fingerprint density at radius 1 is 0.867 bits per heavy atom. The predicted molar refractivity (Wildman–Crippen MR) is 116 cm³/mol. The van der Waals surface area contributed by atoms with Gasteiger partial charge in [-0.15, -0.1) is 0 Å². The molecular weight excluding hydrogens is 378 g/mol. The Hall–Kier alpha value is -1.92. The lowest BCUT2D eigenvalue weighted by Crippen LogP contribution is -2.51. The molecule has 6 heteroatoms. The maximum absolute atomic E-state index is 12.8. The van der Waals surface area contributed by atoms with E-state index in [0.29, 0.717) is 25.2 Å². The molecule has 1 aromatic rings. The fourth-order valence-corrected chi connectivity index (χ4v) is 5.05. The minimum atomic E-state index is 0.158. The molecule has 2 amide bonds. The summed E-state index contributed by atoms with van der Waals surface area (Å²) in [6.45, 7) is 8.60. The molecule has 0 unspecified atom stereocenters. The Labute approximate surface area is 180 Å². The van der Waals surface area contributed by atoms with Gasteiger partial charge in [0.2, 0.25) is 5.91 Å². The fourth-order valence-electron chi connectivity index (χ4n) is 5.05. The summed E-state index contributed by atoms with van der Waals surface area (Å²) in [5.41, 5.74) is 2.06. The first-order chi connectivity index (χ1) is 14.7. The Balaban J connectivity index is 1.23. The lowest BCUT2D eigenvalue weighted by atomic mass is 9.92. The van der Waals surface area contributed by atoms with Gasteiger partial charge in [-0.05, 0) is 62.9 Å². The molecule has 0 saturated carbocycles. The Morgan fingerprint density at radius 2 is 1.50 bits per heavy atom. The summed E-state index contributed by atoms with van der Waals surface area (Å²) in [4.78, 5) is 32.1. The van der Waals surface area contributed by atoms with Gasteiger partial charge < -0.3 is 19.4 Å². The normalized spacial score (nSPS) is 22.3. The highest BCUT2D eigenvalue weighted by Gasteiger charge is 2.33. The number of likely N-dealkylation sites (tertiary alicyclic amines) is 2. The summed E-state index contributed by atoms with van der Waals surface area (Å²) in [6, 6.07) is 8.58. The van der Waals surface area contributed by atoms with E-state index in [0.717, 1.165) is 76.9 Å². The first-order valence-corrected chi connectivity index (χ1v) is 11.6. The molecule has 3 heterocycles. The second kappa shape index (κ2) is 9.92. The zero-order valence-electron chi connectivity index (χ0n) is 18.2. The van der Waals surface area contributed by atoms with Crippen molar-refractivity contribution in [2.45, 2.75) is 45.1 Å². The molecule has 4 rings (SSSR count). The van der Waals surface area contributed by atoms with E-state index in [9.17, 15) is 9.59 Å². The molecule has 0 spiro atoms. The van der Waals surface area contributed by atoms with Crippen molar-refractivity contribution in [3.8, 4) is 0 Å². The largest absolute Gasteiger partial charge is 0.378 e. The lowest BCUT2D eigenvalue weighted by molar-refractivity contribution is -0.141. The van der Waals surface area contributed by atoms with Gasteiger partial charge in [-0.1, -0.05) is 19.1 Å². The highest BCUT2D eigenvalue weighted by molar-refractivity contribution is 5.94. The quantitative estimate of drug-likeness (QED) is 0.761. The fraction of sp³-hybridized carbons (Fsp3) is 0.667. The number of aryl methyl sites for hydroxylation is 1. The highest BCUT2D eigenvalue weighted by Crippen LogP contribution is 2.26. The molecule has 0 aliphatic carbocycles. The van der Waals surface area contributed by atoms with E-state index in [1.807, 2.05) is 21.9 Å². The number of amides is 2. The summed E-state index contributed by atoms with van der Waals surface area (Å²) >= 11 is 0. The van der Waals surface area contributed by atoms with Crippen LogP contribution in [0.4, 0.5) is 0 Å². The summed E-state index contributed by atoms with van der Waals surface area (Å²) in [7, 11) is 0. The predicted octanol–water partition coefficient (Wildman–Crippen LogP) is 2.42. The van der Waals surface area contributed by atoms with Crippen LogP contribution in [0.15, 0.2) is 24.3 Å². The van der Waals surface area contributed by atoms with Gasteiger partial charge >= 0.3 is 0 Å². The third-order valence-corrected chi connectivity index (χ3v) is 7.08. The van der Waals surface area contributed by atoms with Gasteiger partial charge in [-0.2, -0.15) is 0 Å². The van der Waals surface area contributed by atoms with Gasteiger partial charge in [-0.25, -0.2) is 0 Å². The molecular formula is C24H35N3O3. The molecule has 3 fully saturated rings. The smallest absolute Gasteiger partial charge is 0.253 e. The van der Waals surface area contributed by atoms with Crippen LogP contribution in [0.3, 0.4) is 0 Å². The van der Waals surface area contributed by atoms with Crippen molar-refractivity contribution in [1.29, 1.82) is 0 Å². The second-order valence-corrected chi connectivity index (χ2v) is 8.82. The SMILES string of the molecule is CCc1ccc(C(=O)N2CCC(N3CCC(C(=O)N4CCOCC4)CC3)CC2)cc1. The third kappa shape index (κ3) is 4.86. The van der Waals surface area contributed by atoms with Crippen LogP contribution in [0.1, 0.15) is 48.5 Å². The molecule has 0 bridgehead atoms. The zero-order valence-corrected chi connectivity index (χ0v) is 18.2. The van der Waals surface area contributed by atoms with Crippen molar-refractivity contribution >= 4 is 11.8 Å². The van der Waals surface area contributed by atoms with Crippen LogP contribution in [0.5, 0.6) is 0 Å². The topological polar surface area (TPSA) is 53.1 Å². The second-order valence-electron chi connectivity index (χ2n) is 8.82. The number of benzene rings is 1. The number of rotatable bonds is 4. The summed E-state index contributed by atoms with van der Waals surface area (Å²) < 4.78 is 5.37. The van der Waals surface area contributed by atoms with Crippen LogP contribution in [0.2, 0.25) is 0 Å². The number of carbonyl (C=O) groups is 2. The Morgan fingerprint density at radius 3 is 2.10 bits per heavy atom. The van der Waals surface area contributed by atoms with Crippen molar-refractivity contribution in [1.82, 2.24) is 14.7 Å². The molecule has 3 aliphatic heterocycles. The van der Waals surface area contributed by atoms with Gasteiger partial charge in [0, 0.05) is 43.7 Å².